The van der Waals surface area contributed by atoms with E-state index in [1.54, 1.807) is 22.9 Å². The Labute approximate surface area is 156 Å². The lowest BCUT2D eigenvalue weighted by molar-refractivity contribution is -0.0506. The van der Waals surface area contributed by atoms with E-state index in [2.05, 4.69) is 31.3 Å². The average molecular weight is 419 g/mol. The lowest BCUT2D eigenvalue weighted by Gasteiger charge is -2.25. The van der Waals surface area contributed by atoms with Gasteiger partial charge < -0.3 is 10.1 Å². The monoisotopic (exact) mass is 418 g/mol. The van der Waals surface area contributed by atoms with Crippen LogP contribution in [0.25, 0.3) is 5.70 Å². The average Bonchev–Trinajstić information content (AvgIpc) is 3.10. The van der Waals surface area contributed by atoms with Crippen molar-refractivity contribution in [3.05, 3.63) is 76.5 Å². The zero-order valence-corrected chi connectivity index (χ0v) is 14.9. The molecule has 5 nitrogen and oxygen atoms in total. The number of ether oxygens (including phenoxy) is 1. The van der Waals surface area contributed by atoms with Crippen molar-refractivity contribution in [2.24, 2.45) is 0 Å². The zero-order chi connectivity index (χ0) is 18.1. The highest BCUT2D eigenvalue weighted by Crippen LogP contribution is 2.36. The lowest BCUT2D eigenvalue weighted by Crippen LogP contribution is -2.21. The topological polar surface area (TPSA) is 52.0 Å². The van der Waals surface area contributed by atoms with Gasteiger partial charge in [-0.2, -0.15) is 18.9 Å². The van der Waals surface area contributed by atoms with Crippen LogP contribution < -0.4 is 10.1 Å². The van der Waals surface area contributed by atoms with Gasteiger partial charge in [-0.15, -0.1) is 0 Å². The van der Waals surface area contributed by atoms with Crippen LogP contribution in [0.5, 0.6) is 5.75 Å². The molecule has 8 heteroatoms. The molecule has 0 aliphatic carbocycles. The second kappa shape index (κ2) is 6.87. The summed E-state index contributed by atoms with van der Waals surface area (Å²) in [5, 5.41) is 7.44. The number of anilines is 1. The fourth-order valence-corrected chi connectivity index (χ4v) is 3.15. The van der Waals surface area contributed by atoms with Crippen LogP contribution in [-0.4, -0.2) is 21.4 Å². The van der Waals surface area contributed by atoms with Crippen molar-refractivity contribution in [1.29, 1.82) is 0 Å². The van der Waals surface area contributed by atoms with Gasteiger partial charge in [-0.3, -0.25) is 0 Å². The van der Waals surface area contributed by atoms with Crippen LogP contribution in [0.4, 0.5) is 14.7 Å². The maximum Gasteiger partial charge on any atom is 0.387 e. The maximum atomic E-state index is 12.8. The molecular formula is C18H13BrF2N4O. The second-order valence-corrected chi connectivity index (χ2v) is 6.52. The van der Waals surface area contributed by atoms with Gasteiger partial charge in [0.05, 0.1) is 0 Å². The van der Waals surface area contributed by atoms with E-state index in [1.165, 1.54) is 12.4 Å². The minimum atomic E-state index is -2.90. The molecule has 1 aromatic heterocycles. The fraction of sp³-hybridized carbons (Fsp3) is 0.111. The number of nitrogens with one attached hydrogen (secondary N) is 1. The smallest absolute Gasteiger partial charge is 0.387 e. The van der Waals surface area contributed by atoms with Gasteiger partial charge in [0.2, 0.25) is 5.95 Å². The van der Waals surface area contributed by atoms with Crippen molar-refractivity contribution in [3.8, 4) is 5.75 Å². The quantitative estimate of drug-likeness (QED) is 0.667. The molecule has 1 N–H and O–H groups in total. The van der Waals surface area contributed by atoms with Crippen LogP contribution in [0.2, 0.25) is 0 Å². The van der Waals surface area contributed by atoms with Gasteiger partial charge in [0.1, 0.15) is 18.1 Å². The van der Waals surface area contributed by atoms with E-state index in [0.717, 1.165) is 15.7 Å². The first-order chi connectivity index (χ1) is 12.6. The third kappa shape index (κ3) is 3.20. The highest BCUT2D eigenvalue weighted by molar-refractivity contribution is 9.10. The van der Waals surface area contributed by atoms with Crippen molar-refractivity contribution in [2.75, 3.05) is 5.32 Å². The zero-order valence-electron chi connectivity index (χ0n) is 13.3. The van der Waals surface area contributed by atoms with E-state index in [0.29, 0.717) is 11.5 Å². The maximum absolute atomic E-state index is 12.8. The number of alkyl halides is 2. The fourth-order valence-electron chi connectivity index (χ4n) is 2.88. The Bertz CT molecular complexity index is 956. The van der Waals surface area contributed by atoms with Gasteiger partial charge >= 0.3 is 6.61 Å². The van der Waals surface area contributed by atoms with Gasteiger partial charge in [0.25, 0.3) is 0 Å². The van der Waals surface area contributed by atoms with Crippen molar-refractivity contribution in [1.82, 2.24) is 14.8 Å². The molecule has 3 aromatic rings. The molecule has 26 heavy (non-hydrogen) atoms. The van der Waals surface area contributed by atoms with E-state index < -0.39 is 12.7 Å². The number of allylic oxidation sites excluding steroid dienone is 1. The molecule has 1 aliphatic rings. The Morgan fingerprint density at radius 2 is 1.88 bits per heavy atom. The number of fused-ring (bicyclic) bond motifs is 1. The minimum Gasteiger partial charge on any atom is -0.434 e. The van der Waals surface area contributed by atoms with Crippen LogP contribution in [-0.2, 0) is 0 Å². The molecule has 1 atom stereocenters. The highest BCUT2D eigenvalue weighted by atomic mass is 79.9. The SMILES string of the molecule is FC(F)Oc1ccccc1[C@@H]1C=C(c2ccc(Br)cc2)Nc2ncnn21. The molecule has 0 saturated heterocycles. The number of aromatic nitrogens is 3. The summed E-state index contributed by atoms with van der Waals surface area (Å²) in [5.74, 6) is 0.643. The van der Waals surface area contributed by atoms with Crippen molar-refractivity contribution >= 4 is 27.6 Å². The van der Waals surface area contributed by atoms with Crippen molar-refractivity contribution in [3.63, 3.8) is 0 Å². The number of para-hydroxylation sites is 1. The minimum absolute atomic E-state index is 0.113. The van der Waals surface area contributed by atoms with Gasteiger partial charge in [-0.1, -0.05) is 46.3 Å². The van der Waals surface area contributed by atoms with Crippen molar-refractivity contribution < 1.29 is 13.5 Å². The number of benzene rings is 2. The number of hydrogen-bond donors (Lipinski definition) is 1. The van der Waals surface area contributed by atoms with Crippen LogP contribution in [0.1, 0.15) is 17.2 Å². The Morgan fingerprint density at radius 1 is 1.12 bits per heavy atom. The molecule has 0 amide bonds. The van der Waals surface area contributed by atoms with E-state index in [-0.39, 0.29) is 5.75 Å². The number of rotatable bonds is 4. The molecule has 0 unspecified atom stereocenters. The molecule has 0 radical (unpaired) electrons. The summed E-state index contributed by atoms with van der Waals surface area (Å²) in [6.07, 6.45) is 3.34. The van der Waals surface area contributed by atoms with E-state index in [9.17, 15) is 8.78 Å². The molecule has 2 aromatic carbocycles. The van der Waals surface area contributed by atoms with Gasteiger partial charge in [0.15, 0.2) is 0 Å². The predicted octanol–water partition coefficient (Wildman–Crippen LogP) is 4.70. The first kappa shape index (κ1) is 16.7. The number of hydrogen-bond acceptors (Lipinski definition) is 4. The standard InChI is InChI=1S/C18H13BrF2N4O/c19-12-7-5-11(6-8-12)14-9-15(25-18(24-14)22-10-23-25)13-3-1-2-4-16(13)26-17(20)21/h1-10,15,17H,(H,22,23,24)/t15-/m0/s1. The summed E-state index contributed by atoms with van der Waals surface area (Å²) in [6, 6.07) is 14.0. The molecule has 0 spiro atoms. The van der Waals surface area contributed by atoms with Crippen LogP contribution in [0.3, 0.4) is 0 Å². The van der Waals surface area contributed by atoms with E-state index >= 15 is 0 Å². The molecule has 132 valence electrons. The lowest BCUT2D eigenvalue weighted by atomic mass is 10.0. The largest absolute Gasteiger partial charge is 0.434 e. The Kier molecular flexibility index (Phi) is 4.42. The van der Waals surface area contributed by atoms with Crippen molar-refractivity contribution in [2.45, 2.75) is 12.7 Å². The third-order valence-corrected chi connectivity index (χ3v) is 4.55. The van der Waals surface area contributed by atoms with Gasteiger partial charge in [-0.05, 0) is 29.8 Å². The molecule has 0 fully saturated rings. The van der Waals surface area contributed by atoms with E-state index in [4.69, 9.17) is 4.74 Å². The normalized spacial score (nSPS) is 16.0. The second-order valence-electron chi connectivity index (χ2n) is 5.60. The number of nitrogens with zero attached hydrogens (tertiary/aromatic N) is 3. The predicted molar refractivity (Wildman–Crippen MR) is 97.0 cm³/mol. The first-order valence-corrected chi connectivity index (χ1v) is 8.59. The summed E-state index contributed by atoms with van der Waals surface area (Å²) >= 11 is 3.42. The summed E-state index contributed by atoms with van der Waals surface area (Å²) in [4.78, 5) is 4.22. The Morgan fingerprint density at radius 3 is 2.65 bits per heavy atom. The molecule has 1 aliphatic heterocycles. The highest BCUT2D eigenvalue weighted by Gasteiger charge is 2.26. The summed E-state index contributed by atoms with van der Waals surface area (Å²) in [7, 11) is 0. The Balaban J connectivity index is 1.81. The molecular weight excluding hydrogens is 406 g/mol. The van der Waals surface area contributed by atoms with Crippen LogP contribution >= 0.6 is 15.9 Å². The molecule has 4 rings (SSSR count). The molecule has 2 heterocycles. The number of halogens is 3. The van der Waals surface area contributed by atoms with Crippen LogP contribution in [0, 0.1) is 0 Å². The Hall–Kier alpha value is -2.74. The van der Waals surface area contributed by atoms with Gasteiger partial charge in [0, 0.05) is 15.7 Å². The first-order valence-electron chi connectivity index (χ1n) is 7.80. The van der Waals surface area contributed by atoms with Gasteiger partial charge in [-0.25, -0.2) is 4.68 Å². The summed E-state index contributed by atoms with van der Waals surface area (Å²) in [6.45, 7) is -2.90. The third-order valence-electron chi connectivity index (χ3n) is 4.02. The van der Waals surface area contributed by atoms with Crippen LogP contribution in [0.15, 0.2) is 65.4 Å². The molecule has 0 bridgehead atoms. The molecule has 0 saturated carbocycles. The van der Waals surface area contributed by atoms with E-state index in [1.807, 2.05) is 30.3 Å². The summed E-state index contributed by atoms with van der Waals surface area (Å²) in [5.41, 5.74) is 2.34. The summed E-state index contributed by atoms with van der Waals surface area (Å²) < 4.78 is 32.9.